The van der Waals surface area contributed by atoms with E-state index in [4.69, 9.17) is 0 Å². The Hall–Kier alpha value is -1.41. The van der Waals surface area contributed by atoms with E-state index in [1.165, 1.54) is 69.8 Å². The normalized spacial score (nSPS) is 12.5. The van der Waals surface area contributed by atoms with Gasteiger partial charge in [0.2, 0.25) is 0 Å². The molecule has 0 bridgehead atoms. The Bertz CT molecular complexity index is 796. The van der Waals surface area contributed by atoms with Gasteiger partial charge in [-0.1, -0.05) is 99.3 Å². The first-order chi connectivity index (χ1) is 13.7. The molecule has 2 aromatic rings. The number of rotatable bonds is 11. The van der Waals surface area contributed by atoms with Crippen LogP contribution in [0.2, 0.25) is 0 Å². The van der Waals surface area contributed by atoms with Crippen molar-refractivity contribution < 1.29 is 4.79 Å². The molecular formula is C26H33BrO. The van der Waals surface area contributed by atoms with E-state index in [2.05, 4.69) is 54.0 Å². The predicted molar refractivity (Wildman–Crippen MR) is 123 cm³/mol. The van der Waals surface area contributed by atoms with Gasteiger partial charge < -0.3 is 0 Å². The van der Waals surface area contributed by atoms with Crippen LogP contribution >= 0.6 is 15.9 Å². The lowest BCUT2D eigenvalue weighted by Gasteiger charge is -2.18. The summed E-state index contributed by atoms with van der Waals surface area (Å²) in [5, 5.41) is 0. The van der Waals surface area contributed by atoms with Crippen LogP contribution < -0.4 is 0 Å². The number of halogens is 1. The molecule has 1 aliphatic carbocycles. The van der Waals surface area contributed by atoms with Crippen LogP contribution in [0, 0.1) is 0 Å². The lowest BCUT2D eigenvalue weighted by molar-refractivity contribution is 0.104. The van der Waals surface area contributed by atoms with Crippen molar-refractivity contribution in [2.24, 2.45) is 0 Å². The van der Waals surface area contributed by atoms with E-state index in [9.17, 15) is 4.79 Å². The molecule has 1 nitrogen and oxygen atoms in total. The van der Waals surface area contributed by atoms with Crippen LogP contribution in [0.3, 0.4) is 0 Å². The topological polar surface area (TPSA) is 17.1 Å². The van der Waals surface area contributed by atoms with Gasteiger partial charge in [-0.05, 0) is 53.6 Å². The fourth-order valence-corrected chi connectivity index (χ4v) is 4.80. The van der Waals surface area contributed by atoms with Gasteiger partial charge in [-0.3, -0.25) is 4.79 Å². The van der Waals surface area contributed by atoms with Gasteiger partial charge in [-0.25, -0.2) is 0 Å². The highest BCUT2D eigenvalue weighted by atomic mass is 79.9. The van der Waals surface area contributed by atoms with E-state index in [-0.39, 0.29) is 5.78 Å². The molecule has 2 heteroatoms. The van der Waals surface area contributed by atoms with Crippen LogP contribution in [0.15, 0.2) is 40.9 Å². The average Bonchev–Trinajstić information content (AvgIpc) is 2.98. The Balaban J connectivity index is 1.79. The Morgan fingerprint density at radius 1 is 0.714 bits per heavy atom. The van der Waals surface area contributed by atoms with E-state index in [0.29, 0.717) is 5.92 Å². The van der Waals surface area contributed by atoms with Crippen LogP contribution in [-0.2, 0) is 0 Å². The lowest BCUT2D eigenvalue weighted by atomic mass is 9.86. The van der Waals surface area contributed by atoms with E-state index in [1.54, 1.807) is 0 Å². The van der Waals surface area contributed by atoms with Gasteiger partial charge in [-0.15, -0.1) is 0 Å². The fraction of sp³-hybridized carbons (Fsp3) is 0.500. The summed E-state index contributed by atoms with van der Waals surface area (Å²) in [5.74, 6) is 0.770. The van der Waals surface area contributed by atoms with Crippen LogP contribution in [0.1, 0.15) is 105 Å². The van der Waals surface area contributed by atoms with Crippen molar-refractivity contribution in [3.8, 4) is 11.1 Å². The molecule has 0 radical (unpaired) electrons. The monoisotopic (exact) mass is 440 g/mol. The molecule has 0 heterocycles. The van der Waals surface area contributed by atoms with E-state index in [1.807, 2.05) is 12.1 Å². The minimum atomic E-state index is 0.184. The van der Waals surface area contributed by atoms with Gasteiger partial charge in [0.25, 0.3) is 0 Å². The zero-order chi connectivity index (χ0) is 19.9. The number of hydrogen-bond acceptors (Lipinski definition) is 1. The number of benzene rings is 2. The Morgan fingerprint density at radius 3 is 1.89 bits per heavy atom. The number of carbonyl (C=O) groups is 1. The van der Waals surface area contributed by atoms with Gasteiger partial charge in [0, 0.05) is 15.6 Å². The second-order valence-electron chi connectivity index (χ2n) is 8.22. The molecule has 0 aromatic heterocycles. The van der Waals surface area contributed by atoms with Gasteiger partial charge in [0.05, 0.1) is 0 Å². The molecule has 0 atom stereocenters. The highest BCUT2D eigenvalue weighted by Crippen LogP contribution is 2.40. The number of ketones is 1. The zero-order valence-corrected chi connectivity index (χ0v) is 19.0. The first-order valence-electron chi connectivity index (χ1n) is 11.1. The molecule has 0 aliphatic heterocycles. The van der Waals surface area contributed by atoms with Crippen LogP contribution in [0.4, 0.5) is 0 Å². The molecule has 0 fully saturated rings. The molecule has 0 unspecified atom stereocenters. The molecule has 0 saturated carbocycles. The quantitative estimate of drug-likeness (QED) is 0.272. The molecule has 28 heavy (non-hydrogen) atoms. The van der Waals surface area contributed by atoms with E-state index < -0.39 is 0 Å². The maximum Gasteiger partial charge on any atom is 0.194 e. The summed E-state index contributed by atoms with van der Waals surface area (Å²) in [7, 11) is 0. The first kappa shape index (κ1) is 21.3. The molecule has 3 rings (SSSR count). The summed E-state index contributed by atoms with van der Waals surface area (Å²) in [5.41, 5.74) is 5.29. The van der Waals surface area contributed by atoms with Gasteiger partial charge in [0.15, 0.2) is 5.78 Å². The fourth-order valence-electron chi connectivity index (χ4n) is 4.44. The summed E-state index contributed by atoms with van der Waals surface area (Å²) >= 11 is 3.50. The van der Waals surface area contributed by atoms with Crippen molar-refractivity contribution in [3.63, 3.8) is 0 Å². The van der Waals surface area contributed by atoms with Crippen LogP contribution in [0.25, 0.3) is 11.1 Å². The maximum atomic E-state index is 13.0. The SMILES string of the molecule is CCCCCCC(CCCCCC)c1ccc2c(c1)C(=O)c1cc(Br)ccc1-2. The standard InChI is InChI=1S/C26H33BrO/c1-3-5-7-9-11-19(12-10-8-6-4-2)20-13-15-22-23-16-14-21(27)18-25(23)26(28)24(22)17-20/h13-19H,3-12H2,1-2H3. The molecule has 0 spiro atoms. The highest BCUT2D eigenvalue weighted by molar-refractivity contribution is 9.10. The lowest BCUT2D eigenvalue weighted by Crippen LogP contribution is -2.03. The second-order valence-corrected chi connectivity index (χ2v) is 9.14. The van der Waals surface area contributed by atoms with Gasteiger partial charge in [-0.2, -0.15) is 0 Å². The summed E-state index contributed by atoms with van der Waals surface area (Å²) in [6.07, 6.45) is 13.0. The van der Waals surface area contributed by atoms with E-state index >= 15 is 0 Å². The number of fused-ring (bicyclic) bond motifs is 3. The Labute approximate surface area is 179 Å². The van der Waals surface area contributed by atoms with Crippen molar-refractivity contribution in [1.29, 1.82) is 0 Å². The molecule has 0 saturated heterocycles. The highest BCUT2D eigenvalue weighted by Gasteiger charge is 2.27. The smallest absolute Gasteiger partial charge is 0.194 e. The molecule has 2 aromatic carbocycles. The minimum absolute atomic E-state index is 0.184. The largest absolute Gasteiger partial charge is 0.289 e. The summed E-state index contributed by atoms with van der Waals surface area (Å²) in [6.45, 7) is 4.54. The Kier molecular flexibility index (Phi) is 7.91. The first-order valence-corrected chi connectivity index (χ1v) is 11.9. The molecular weight excluding hydrogens is 408 g/mol. The van der Waals surface area contributed by atoms with Crippen molar-refractivity contribution in [1.82, 2.24) is 0 Å². The minimum Gasteiger partial charge on any atom is -0.289 e. The molecule has 150 valence electrons. The zero-order valence-electron chi connectivity index (χ0n) is 17.4. The second kappa shape index (κ2) is 10.4. The number of hydrogen-bond donors (Lipinski definition) is 0. The summed E-state index contributed by atoms with van der Waals surface area (Å²) in [4.78, 5) is 13.0. The molecule has 0 N–H and O–H groups in total. The van der Waals surface area contributed by atoms with Crippen molar-refractivity contribution in [2.45, 2.75) is 84.0 Å². The van der Waals surface area contributed by atoms with E-state index in [0.717, 1.165) is 26.7 Å². The third kappa shape index (κ3) is 4.95. The number of carbonyl (C=O) groups excluding carboxylic acids is 1. The molecule has 0 amide bonds. The third-order valence-electron chi connectivity index (χ3n) is 6.09. The maximum absolute atomic E-state index is 13.0. The predicted octanol–water partition coefficient (Wildman–Crippen LogP) is 8.68. The molecule has 1 aliphatic rings. The van der Waals surface area contributed by atoms with Crippen LogP contribution in [0.5, 0.6) is 0 Å². The van der Waals surface area contributed by atoms with Crippen molar-refractivity contribution in [3.05, 3.63) is 57.6 Å². The summed E-state index contributed by atoms with van der Waals surface area (Å²) in [6, 6.07) is 12.7. The summed E-state index contributed by atoms with van der Waals surface area (Å²) < 4.78 is 0.970. The van der Waals surface area contributed by atoms with Crippen molar-refractivity contribution in [2.75, 3.05) is 0 Å². The third-order valence-corrected chi connectivity index (χ3v) is 6.58. The Morgan fingerprint density at radius 2 is 1.29 bits per heavy atom. The van der Waals surface area contributed by atoms with Gasteiger partial charge >= 0.3 is 0 Å². The van der Waals surface area contributed by atoms with Crippen LogP contribution in [-0.4, -0.2) is 5.78 Å². The van der Waals surface area contributed by atoms with Gasteiger partial charge in [0.1, 0.15) is 0 Å². The number of unbranched alkanes of at least 4 members (excludes halogenated alkanes) is 6. The average molecular weight is 441 g/mol. The van der Waals surface area contributed by atoms with Crippen molar-refractivity contribution >= 4 is 21.7 Å².